The quantitative estimate of drug-likeness (QED) is 0.254. The van der Waals surface area contributed by atoms with E-state index >= 15 is 0 Å². The van der Waals surface area contributed by atoms with Gasteiger partial charge in [-0.1, -0.05) is 36.4 Å². The van der Waals surface area contributed by atoms with Crippen LogP contribution in [0, 0.1) is 0 Å². The third kappa shape index (κ3) is 7.43. The van der Waals surface area contributed by atoms with E-state index in [0.29, 0.717) is 30.2 Å². The molecule has 8 heteroatoms. The van der Waals surface area contributed by atoms with Gasteiger partial charge in [0.05, 0.1) is 6.61 Å². The summed E-state index contributed by atoms with van der Waals surface area (Å²) in [4.78, 5) is 31.1. The molecule has 1 aliphatic rings. The van der Waals surface area contributed by atoms with Crippen LogP contribution in [0.15, 0.2) is 72.2 Å². The number of nitrogens with one attached hydrogen (secondary N) is 1. The number of aliphatic imine (C=N–C) groups is 1. The van der Waals surface area contributed by atoms with Gasteiger partial charge < -0.3 is 24.6 Å². The average molecular weight is 509 g/mol. The molecule has 0 saturated carbocycles. The molecule has 0 aliphatic carbocycles. The second-order valence-corrected chi connectivity index (χ2v) is 9.78. The van der Waals surface area contributed by atoms with Crippen LogP contribution in [0.25, 0.3) is 0 Å². The molecule has 0 fully saturated rings. The van der Waals surface area contributed by atoms with E-state index in [9.17, 15) is 9.59 Å². The van der Waals surface area contributed by atoms with Crippen LogP contribution in [0.3, 0.4) is 0 Å². The molecule has 2 atom stereocenters. The summed E-state index contributed by atoms with van der Waals surface area (Å²) < 4.78 is 17.5. The van der Waals surface area contributed by atoms with Crippen LogP contribution < -0.4 is 10.1 Å². The Morgan fingerprint density at radius 3 is 2.49 bits per heavy atom. The zero-order valence-electron chi connectivity index (χ0n) is 21.7. The molecular weight excluding hydrogens is 472 g/mol. The highest BCUT2D eigenvalue weighted by molar-refractivity contribution is 6.01. The van der Waals surface area contributed by atoms with E-state index in [0.717, 1.165) is 5.56 Å². The summed E-state index contributed by atoms with van der Waals surface area (Å²) in [6.45, 7) is 9.81. The van der Waals surface area contributed by atoms with E-state index in [2.05, 4.69) is 11.9 Å². The van der Waals surface area contributed by atoms with Crippen LogP contribution in [0.2, 0.25) is 0 Å². The first-order valence-electron chi connectivity index (χ1n) is 12.4. The molecule has 0 radical (unpaired) electrons. The minimum absolute atomic E-state index is 0.0140. The molecule has 0 spiro atoms. The predicted octanol–water partition coefficient (Wildman–Crippen LogP) is 4.13. The van der Waals surface area contributed by atoms with Crippen molar-refractivity contribution in [3.8, 4) is 5.75 Å². The Morgan fingerprint density at radius 2 is 1.86 bits per heavy atom. The van der Waals surface area contributed by atoms with Crippen LogP contribution >= 0.6 is 0 Å². The van der Waals surface area contributed by atoms with Gasteiger partial charge in [-0.25, -0.2) is 4.99 Å². The molecular formula is C29H36N2O6. The first-order chi connectivity index (χ1) is 17.7. The summed E-state index contributed by atoms with van der Waals surface area (Å²) in [6.07, 6.45) is 1.45. The van der Waals surface area contributed by atoms with Gasteiger partial charge in [0.25, 0.3) is 5.91 Å². The fourth-order valence-electron chi connectivity index (χ4n) is 4.00. The molecule has 0 unspecified atom stereocenters. The smallest absolute Gasteiger partial charge is 0.306 e. The van der Waals surface area contributed by atoms with Crippen LogP contribution in [0.5, 0.6) is 5.75 Å². The number of benzene rings is 2. The lowest BCUT2D eigenvalue weighted by atomic mass is 9.83. The van der Waals surface area contributed by atoms with Gasteiger partial charge >= 0.3 is 5.97 Å². The number of ether oxygens (including phenoxy) is 3. The van der Waals surface area contributed by atoms with E-state index in [-0.39, 0.29) is 31.9 Å². The molecule has 2 N–H and O–H groups in total. The molecule has 3 rings (SSSR count). The van der Waals surface area contributed by atoms with Crippen LogP contribution in [0.4, 0.5) is 0 Å². The summed E-state index contributed by atoms with van der Waals surface area (Å²) in [5.74, 6) is 0.177. The van der Waals surface area contributed by atoms with Crippen LogP contribution in [-0.2, 0) is 19.1 Å². The van der Waals surface area contributed by atoms with Crippen LogP contribution in [-0.4, -0.2) is 53.8 Å². The van der Waals surface area contributed by atoms with E-state index in [1.165, 1.54) is 0 Å². The van der Waals surface area contributed by atoms with E-state index < -0.39 is 23.2 Å². The monoisotopic (exact) mass is 508 g/mol. The zero-order valence-corrected chi connectivity index (χ0v) is 21.7. The van der Waals surface area contributed by atoms with Crippen molar-refractivity contribution < 1.29 is 28.9 Å². The number of rotatable bonds is 12. The van der Waals surface area contributed by atoms with Gasteiger partial charge in [0.1, 0.15) is 11.4 Å². The van der Waals surface area contributed by atoms with E-state index in [1.807, 2.05) is 30.3 Å². The van der Waals surface area contributed by atoms with Crippen molar-refractivity contribution in [3.05, 3.63) is 78.4 Å². The first-order valence-corrected chi connectivity index (χ1v) is 12.4. The highest BCUT2D eigenvalue weighted by atomic mass is 16.6. The number of carbonyl (C=O) groups is 2. The van der Waals surface area contributed by atoms with E-state index in [1.54, 1.807) is 51.1 Å². The van der Waals surface area contributed by atoms with Crippen molar-refractivity contribution in [3.63, 3.8) is 0 Å². The maximum Gasteiger partial charge on any atom is 0.306 e. The zero-order chi connectivity index (χ0) is 26.9. The minimum Gasteiger partial charge on any atom is -0.494 e. The minimum atomic E-state index is -1.40. The fourth-order valence-corrected chi connectivity index (χ4v) is 4.00. The lowest BCUT2D eigenvalue weighted by Gasteiger charge is -2.30. The van der Waals surface area contributed by atoms with Gasteiger partial charge in [-0.15, -0.1) is 6.58 Å². The van der Waals surface area contributed by atoms with E-state index in [4.69, 9.17) is 24.3 Å². The molecule has 0 aromatic heterocycles. The van der Waals surface area contributed by atoms with Crippen molar-refractivity contribution >= 4 is 17.8 Å². The Morgan fingerprint density at radius 1 is 1.16 bits per heavy atom. The van der Waals surface area contributed by atoms with Gasteiger partial charge in [0, 0.05) is 31.6 Å². The molecule has 2 aromatic carbocycles. The second kappa shape index (κ2) is 12.5. The Hall–Kier alpha value is -3.65. The number of carbonyl (C=O) groups excluding carboxylic acids is 2. The number of nitrogens with zero attached hydrogens (tertiary/aromatic N) is 1. The summed E-state index contributed by atoms with van der Waals surface area (Å²) in [7, 11) is 0. The van der Waals surface area contributed by atoms with Crippen molar-refractivity contribution in [1.82, 2.24) is 5.32 Å². The Kier molecular flexibility index (Phi) is 9.47. The number of esters is 1. The molecule has 0 bridgehead atoms. The number of amides is 1. The lowest BCUT2D eigenvalue weighted by molar-refractivity contribution is -0.155. The van der Waals surface area contributed by atoms with Crippen LogP contribution in [0.1, 0.15) is 57.3 Å². The molecule has 1 heterocycles. The van der Waals surface area contributed by atoms with Crippen molar-refractivity contribution in [2.45, 2.75) is 57.3 Å². The molecule has 8 nitrogen and oxygen atoms in total. The summed E-state index contributed by atoms with van der Waals surface area (Å²) in [5, 5.41) is 11.8. The normalized spacial score (nSPS) is 18.9. The molecule has 1 aliphatic heterocycles. The highest BCUT2D eigenvalue weighted by Gasteiger charge is 2.53. The first kappa shape index (κ1) is 27.9. The Labute approximate surface area is 218 Å². The number of aliphatic hydroxyl groups is 1. The molecule has 2 aromatic rings. The van der Waals surface area contributed by atoms with Gasteiger partial charge in [-0.05, 0) is 57.0 Å². The summed E-state index contributed by atoms with van der Waals surface area (Å²) in [5.41, 5.74) is -0.600. The van der Waals surface area contributed by atoms with Gasteiger partial charge in [0.2, 0.25) is 5.90 Å². The molecule has 1 amide bonds. The number of aliphatic hydroxyl groups excluding tert-OH is 1. The largest absolute Gasteiger partial charge is 0.494 e. The predicted molar refractivity (Wildman–Crippen MR) is 141 cm³/mol. The summed E-state index contributed by atoms with van der Waals surface area (Å²) >= 11 is 0. The third-order valence-electron chi connectivity index (χ3n) is 5.67. The lowest BCUT2D eigenvalue weighted by Crippen LogP contribution is -2.48. The number of hydrogen-bond donors (Lipinski definition) is 2. The molecule has 0 saturated heterocycles. The standard InChI is InChI=1S/C29H36N2O6/c1-5-18-30-27(34)29(17-16-24(33)37-28(2,3)4)25(21-10-7-6-8-11-21)36-26(31-29)22-12-14-23(15-13-22)35-20-9-19-32/h5-8,10-15,25,32H,1,9,16-20H2,2-4H3,(H,30,34)/t25-,29-/m1/s1. The van der Waals surface area contributed by atoms with Crippen molar-refractivity contribution in [2.24, 2.45) is 4.99 Å². The third-order valence-corrected chi connectivity index (χ3v) is 5.67. The van der Waals surface area contributed by atoms with Gasteiger partial charge in [-0.3, -0.25) is 9.59 Å². The van der Waals surface area contributed by atoms with Crippen molar-refractivity contribution in [2.75, 3.05) is 19.8 Å². The highest BCUT2D eigenvalue weighted by Crippen LogP contribution is 2.43. The summed E-state index contributed by atoms with van der Waals surface area (Å²) in [6, 6.07) is 16.6. The maximum absolute atomic E-state index is 13.6. The topological polar surface area (TPSA) is 106 Å². The molecule has 37 heavy (non-hydrogen) atoms. The van der Waals surface area contributed by atoms with Gasteiger partial charge in [-0.2, -0.15) is 0 Å². The SMILES string of the molecule is C=CCNC(=O)[C@]1(CCC(=O)OC(C)(C)C)N=C(c2ccc(OCCCO)cc2)O[C@@H]1c1ccccc1. The Bertz CT molecular complexity index is 1090. The van der Waals surface area contributed by atoms with Crippen molar-refractivity contribution in [1.29, 1.82) is 0 Å². The average Bonchev–Trinajstić information content (AvgIpc) is 3.27. The second-order valence-electron chi connectivity index (χ2n) is 9.78. The molecule has 198 valence electrons. The number of hydrogen-bond acceptors (Lipinski definition) is 7. The maximum atomic E-state index is 13.6. The van der Waals surface area contributed by atoms with Gasteiger partial charge in [0.15, 0.2) is 11.6 Å². The Balaban J connectivity index is 1.98. The fraction of sp³-hybridized carbons (Fsp3) is 0.414.